The van der Waals surface area contributed by atoms with Gasteiger partial charge >= 0.3 is 6.18 Å². The topological polar surface area (TPSA) is 38.7 Å². The molecule has 0 aliphatic heterocycles. The lowest BCUT2D eigenvalue weighted by atomic mass is 10.00. The zero-order valence-electron chi connectivity index (χ0n) is 11.9. The number of rotatable bonds is 2. The molecule has 0 saturated carbocycles. The molecule has 0 N–H and O–H groups in total. The van der Waals surface area contributed by atoms with E-state index >= 15 is 0 Å². The van der Waals surface area contributed by atoms with E-state index in [1.165, 1.54) is 18.3 Å². The third-order valence-electron chi connectivity index (χ3n) is 3.31. The third-order valence-corrected chi connectivity index (χ3v) is 3.80. The van der Waals surface area contributed by atoms with Gasteiger partial charge in [0.2, 0.25) is 0 Å². The molecule has 0 saturated heterocycles. The molecule has 3 rings (SSSR count). The van der Waals surface area contributed by atoms with Gasteiger partial charge in [0.25, 0.3) is 0 Å². The van der Waals surface area contributed by atoms with E-state index in [0.717, 1.165) is 12.1 Å². The van der Waals surface area contributed by atoms with Crippen molar-refractivity contribution in [3.05, 3.63) is 64.5 Å². The highest BCUT2D eigenvalue weighted by Crippen LogP contribution is 2.36. The summed E-state index contributed by atoms with van der Waals surface area (Å²) in [7, 11) is 0. The maximum atomic E-state index is 12.7. The van der Waals surface area contributed by atoms with Gasteiger partial charge < -0.3 is 0 Å². The highest BCUT2D eigenvalue weighted by molar-refractivity contribution is 6.33. The zero-order chi connectivity index (χ0) is 17.3. The van der Waals surface area contributed by atoms with Crippen LogP contribution in [0.4, 0.5) is 13.2 Å². The molecule has 122 valence electrons. The Morgan fingerprint density at radius 2 is 1.58 bits per heavy atom. The number of nitrogens with zero attached hydrogens (tertiary/aromatic N) is 3. The number of hydrogen-bond donors (Lipinski definition) is 0. The van der Waals surface area contributed by atoms with Gasteiger partial charge in [0, 0.05) is 29.1 Å². The first kappa shape index (κ1) is 16.7. The standard InChI is InChI=1S/C16H8Cl2F3N3/c17-13-8-22-6-5-11(13)12-7-14(18)23-24-15(12)9-1-3-10(4-2-9)16(19,20)21/h1-8H. The molecule has 2 aromatic heterocycles. The zero-order valence-corrected chi connectivity index (χ0v) is 13.4. The van der Waals surface area contributed by atoms with Crippen molar-refractivity contribution < 1.29 is 13.2 Å². The highest BCUT2D eigenvalue weighted by Gasteiger charge is 2.30. The minimum atomic E-state index is -4.40. The van der Waals surface area contributed by atoms with E-state index in [2.05, 4.69) is 15.2 Å². The Balaban J connectivity index is 2.14. The van der Waals surface area contributed by atoms with E-state index in [0.29, 0.717) is 27.4 Å². The minimum Gasteiger partial charge on any atom is -0.263 e. The first-order chi connectivity index (χ1) is 11.4. The van der Waals surface area contributed by atoms with Crippen molar-refractivity contribution in [1.29, 1.82) is 0 Å². The Bertz CT molecular complexity index is 880. The van der Waals surface area contributed by atoms with Crippen molar-refractivity contribution in [2.75, 3.05) is 0 Å². The molecular formula is C16H8Cl2F3N3. The van der Waals surface area contributed by atoms with Crippen molar-refractivity contribution in [2.24, 2.45) is 0 Å². The number of benzene rings is 1. The summed E-state index contributed by atoms with van der Waals surface area (Å²) in [6, 6.07) is 7.87. The molecule has 0 bridgehead atoms. The van der Waals surface area contributed by atoms with Crippen molar-refractivity contribution in [3.8, 4) is 22.4 Å². The Kier molecular flexibility index (Phi) is 4.43. The summed E-state index contributed by atoms with van der Waals surface area (Å²) in [6.45, 7) is 0. The van der Waals surface area contributed by atoms with Crippen LogP contribution in [0.2, 0.25) is 10.2 Å². The van der Waals surface area contributed by atoms with Crippen LogP contribution in [0.3, 0.4) is 0 Å². The fourth-order valence-corrected chi connectivity index (χ4v) is 2.57. The lowest BCUT2D eigenvalue weighted by Gasteiger charge is -2.11. The first-order valence-electron chi connectivity index (χ1n) is 6.67. The molecule has 0 unspecified atom stereocenters. The van der Waals surface area contributed by atoms with E-state index in [1.807, 2.05) is 0 Å². The maximum absolute atomic E-state index is 12.7. The number of halogens is 5. The molecule has 0 amide bonds. The molecule has 0 aliphatic carbocycles. The second-order valence-corrected chi connectivity index (χ2v) is 5.65. The average molecular weight is 370 g/mol. The maximum Gasteiger partial charge on any atom is 0.416 e. The second-order valence-electron chi connectivity index (χ2n) is 4.86. The molecule has 0 fully saturated rings. The van der Waals surface area contributed by atoms with Crippen LogP contribution in [0.1, 0.15) is 5.56 Å². The summed E-state index contributed by atoms with van der Waals surface area (Å²) in [5.41, 5.74) is 1.27. The van der Waals surface area contributed by atoms with Crippen LogP contribution in [-0.4, -0.2) is 15.2 Å². The van der Waals surface area contributed by atoms with Gasteiger partial charge in [-0.1, -0.05) is 35.3 Å². The molecule has 0 aliphatic rings. The third kappa shape index (κ3) is 3.34. The monoisotopic (exact) mass is 369 g/mol. The Morgan fingerprint density at radius 3 is 2.21 bits per heavy atom. The summed E-state index contributed by atoms with van der Waals surface area (Å²) in [6.07, 6.45) is -1.39. The van der Waals surface area contributed by atoms with Gasteiger partial charge in [-0.25, -0.2) is 0 Å². The van der Waals surface area contributed by atoms with Crippen molar-refractivity contribution in [3.63, 3.8) is 0 Å². The van der Waals surface area contributed by atoms with Crippen LogP contribution in [0.25, 0.3) is 22.4 Å². The molecule has 3 nitrogen and oxygen atoms in total. The quantitative estimate of drug-likeness (QED) is 0.595. The van der Waals surface area contributed by atoms with Gasteiger partial charge in [-0.15, -0.1) is 10.2 Å². The lowest BCUT2D eigenvalue weighted by molar-refractivity contribution is -0.137. The smallest absolute Gasteiger partial charge is 0.263 e. The fourth-order valence-electron chi connectivity index (χ4n) is 2.20. The molecule has 0 spiro atoms. The van der Waals surface area contributed by atoms with Crippen molar-refractivity contribution in [2.45, 2.75) is 6.18 Å². The molecule has 3 aromatic rings. The molecule has 1 aromatic carbocycles. The van der Waals surface area contributed by atoms with E-state index < -0.39 is 11.7 Å². The largest absolute Gasteiger partial charge is 0.416 e. The molecule has 0 atom stereocenters. The SMILES string of the molecule is FC(F)(F)c1ccc(-c2nnc(Cl)cc2-c2ccncc2Cl)cc1. The molecule has 24 heavy (non-hydrogen) atoms. The average Bonchev–Trinajstić information content (AvgIpc) is 2.54. The number of pyridine rings is 1. The molecule has 2 heterocycles. The van der Waals surface area contributed by atoms with E-state index in [9.17, 15) is 13.2 Å². The van der Waals surface area contributed by atoms with E-state index in [-0.39, 0.29) is 5.15 Å². The lowest BCUT2D eigenvalue weighted by Crippen LogP contribution is -2.04. The van der Waals surface area contributed by atoms with Crippen molar-refractivity contribution >= 4 is 23.2 Å². The van der Waals surface area contributed by atoms with Crippen LogP contribution >= 0.6 is 23.2 Å². The van der Waals surface area contributed by atoms with E-state index in [1.54, 1.807) is 18.3 Å². The first-order valence-corrected chi connectivity index (χ1v) is 7.42. The van der Waals surface area contributed by atoms with Crippen LogP contribution < -0.4 is 0 Å². The summed E-state index contributed by atoms with van der Waals surface area (Å²) >= 11 is 12.1. The Labute approximate surface area is 145 Å². The normalized spacial score (nSPS) is 11.5. The predicted molar refractivity (Wildman–Crippen MR) is 85.7 cm³/mol. The van der Waals surface area contributed by atoms with Crippen molar-refractivity contribution in [1.82, 2.24) is 15.2 Å². The van der Waals surface area contributed by atoms with Gasteiger partial charge in [0.05, 0.1) is 10.6 Å². The predicted octanol–water partition coefficient (Wildman–Crippen LogP) is 5.53. The van der Waals surface area contributed by atoms with Gasteiger partial charge in [0.1, 0.15) is 5.69 Å². The second kappa shape index (κ2) is 6.37. The molecule has 0 radical (unpaired) electrons. The molecular weight excluding hydrogens is 362 g/mol. The van der Waals surface area contributed by atoms with Crippen LogP contribution in [0, 0.1) is 0 Å². The van der Waals surface area contributed by atoms with Crippen LogP contribution in [-0.2, 0) is 6.18 Å². The summed E-state index contributed by atoms with van der Waals surface area (Å²) in [5, 5.41) is 8.31. The summed E-state index contributed by atoms with van der Waals surface area (Å²) in [5.74, 6) is 0. The number of alkyl halides is 3. The van der Waals surface area contributed by atoms with Gasteiger partial charge in [-0.3, -0.25) is 4.98 Å². The highest BCUT2D eigenvalue weighted by atomic mass is 35.5. The van der Waals surface area contributed by atoms with Crippen LogP contribution in [0.5, 0.6) is 0 Å². The van der Waals surface area contributed by atoms with Gasteiger partial charge in [0.15, 0.2) is 5.15 Å². The Hall–Kier alpha value is -2.18. The minimum absolute atomic E-state index is 0.147. The van der Waals surface area contributed by atoms with Gasteiger partial charge in [-0.2, -0.15) is 13.2 Å². The number of hydrogen-bond acceptors (Lipinski definition) is 3. The van der Waals surface area contributed by atoms with E-state index in [4.69, 9.17) is 23.2 Å². The van der Waals surface area contributed by atoms with Gasteiger partial charge in [-0.05, 0) is 24.3 Å². The number of aromatic nitrogens is 3. The molecule has 8 heteroatoms. The van der Waals surface area contributed by atoms with Crippen LogP contribution in [0.15, 0.2) is 48.8 Å². The fraction of sp³-hybridized carbons (Fsp3) is 0.0625. The Morgan fingerprint density at radius 1 is 0.875 bits per heavy atom. The summed E-state index contributed by atoms with van der Waals surface area (Å²) in [4.78, 5) is 3.91. The summed E-state index contributed by atoms with van der Waals surface area (Å²) < 4.78 is 38.1.